The Hall–Kier alpha value is -3.30. The third-order valence-corrected chi connectivity index (χ3v) is 5.90. The lowest BCUT2D eigenvalue weighted by Gasteiger charge is -2.17. The maximum absolute atomic E-state index is 12.8. The second-order valence-corrected chi connectivity index (χ2v) is 8.17. The van der Waals surface area contributed by atoms with E-state index in [1.165, 1.54) is 4.90 Å². The number of halogens is 2. The van der Waals surface area contributed by atoms with Gasteiger partial charge in [0.2, 0.25) is 0 Å². The fourth-order valence-electron chi connectivity index (χ4n) is 3.41. The van der Waals surface area contributed by atoms with Crippen molar-refractivity contribution in [3.8, 4) is 16.9 Å². The summed E-state index contributed by atoms with van der Waals surface area (Å²) >= 11 is 12.0. The average Bonchev–Trinajstić information content (AvgIpc) is 3.41. The molecule has 3 aromatic rings. The molecule has 1 aliphatic rings. The lowest BCUT2D eigenvalue weighted by atomic mass is 10.1. The van der Waals surface area contributed by atoms with E-state index in [1.54, 1.807) is 48.4 Å². The van der Waals surface area contributed by atoms with Crippen molar-refractivity contribution in [2.24, 2.45) is 7.05 Å². The maximum Gasteiger partial charge on any atom is 0.415 e. The van der Waals surface area contributed by atoms with Crippen molar-refractivity contribution in [3.63, 3.8) is 0 Å². The van der Waals surface area contributed by atoms with Gasteiger partial charge in [-0.1, -0.05) is 29.3 Å². The number of ether oxygens (including phenoxy) is 1. The van der Waals surface area contributed by atoms with E-state index < -0.39 is 6.09 Å². The minimum atomic E-state index is -0.564. The van der Waals surface area contributed by atoms with E-state index in [1.807, 2.05) is 6.20 Å². The molecule has 0 saturated carbocycles. The SMILES string of the molecule is Cn1cc(-c2cnc(N)c(C(=O)N[C@@H]3CCN(C(=O)Oc4cccc(Cl)c4Cl)C3)c2)cn1. The number of nitrogens with zero attached hydrogens (tertiary/aromatic N) is 4. The lowest BCUT2D eigenvalue weighted by Crippen LogP contribution is -2.39. The molecule has 2 aromatic heterocycles. The quantitative estimate of drug-likeness (QED) is 0.598. The summed E-state index contributed by atoms with van der Waals surface area (Å²) in [6.45, 7) is 0.712. The molecule has 0 bridgehead atoms. The predicted octanol–water partition coefficient (Wildman–Crippen LogP) is 3.37. The Bertz CT molecular complexity index is 1180. The van der Waals surface area contributed by atoms with Crippen LogP contribution in [0.2, 0.25) is 10.0 Å². The van der Waals surface area contributed by atoms with Crippen molar-refractivity contribution in [2.45, 2.75) is 12.5 Å². The van der Waals surface area contributed by atoms with Crippen LogP contribution in [0.1, 0.15) is 16.8 Å². The predicted molar refractivity (Wildman–Crippen MR) is 121 cm³/mol. The van der Waals surface area contributed by atoms with Gasteiger partial charge in [-0.15, -0.1) is 0 Å². The molecule has 32 heavy (non-hydrogen) atoms. The summed E-state index contributed by atoms with van der Waals surface area (Å²) in [7, 11) is 1.80. The Kier molecular flexibility index (Phi) is 6.20. The molecule has 3 heterocycles. The van der Waals surface area contributed by atoms with Crippen molar-refractivity contribution >= 4 is 41.0 Å². The molecule has 11 heteroatoms. The maximum atomic E-state index is 12.8. The highest BCUT2D eigenvalue weighted by molar-refractivity contribution is 6.43. The van der Waals surface area contributed by atoms with E-state index >= 15 is 0 Å². The fourth-order valence-corrected chi connectivity index (χ4v) is 3.74. The van der Waals surface area contributed by atoms with Crippen LogP contribution in [0.3, 0.4) is 0 Å². The summed E-state index contributed by atoms with van der Waals surface area (Å²) in [5.74, 6) is -0.0541. The summed E-state index contributed by atoms with van der Waals surface area (Å²) in [6, 6.07) is 6.23. The number of hydrogen-bond acceptors (Lipinski definition) is 6. The van der Waals surface area contributed by atoms with Gasteiger partial charge in [0.15, 0.2) is 5.75 Å². The molecule has 1 fully saturated rings. The molecule has 2 amide bonds. The molecular formula is C21H20Cl2N6O3. The van der Waals surface area contributed by atoms with Gasteiger partial charge < -0.3 is 20.7 Å². The molecule has 0 unspecified atom stereocenters. The van der Waals surface area contributed by atoms with Gasteiger partial charge in [0.25, 0.3) is 5.91 Å². The lowest BCUT2D eigenvalue weighted by molar-refractivity contribution is 0.0937. The standard InChI is InChI=1S/C21H20Cl2N6O3/c1-28-10-13(9-26-28)12-7-15(19(24)25-8-12)20(30)27-14-5-6-29(11-14)21(31)32-17-4-2-3-16(22)18(17)23/h2-4,7-10,14H,5-6,11H2,1H3,(H2,24,25)(H,27,30)/t14-/m1/s1. The summed E-state index contributed by atoms with van der Waals surface area (Å²) < 4.78 is 7.01. The smallest absolute Gasteiger partial charge is 0.409 e. The van der Waals surface area contributed by atoms with Crippen LogP contribution in [-0.4, -0.2) is 50.8 Å². The first-order valence-electron chi connectivity index (χ1n) is 9.78. The first kappa shape index (κ1) is 21.9. The van der Waals surface area contributed by atoms with Gasteiger partial charge in [-0.05, 0) is 24.6 Å². The van der Waals surface area contributed by atoms with Gasteiger partial charge in [0, 0.05) is 49.7 Å². The van der Waals surface area contributed by atoms with Gasteiger partial charge in [-0.2, -0.15) is 5.10 Å². The summed E-state index contributed by atoms with van der Waals surface area (Å²) in [5, 5.41) is 7.51. The van der Waals surface area contributed by atoms with Gasteiger partial charge in [0.1, 0.15) is 10.8 Å². The molecule has 4 rings (SSSR count). The number of carbonyl (C=O) groups is 2. The zero-order valence-electron chi connectivity index (χ0n) is 17.1. The fraction of sp³-hybridized carbons (Fsp3) is 0.238. The second kappa shape index (κ2) is 9.05. The van der Waals surface area contributed by atoms with Crippen molar-refractivity contribution in [3.05, 3.63) is 58.5 Å². The molecule has 0 radical (unpaired) electrons. The van der Waals surface area contributed by atoms with Crippen LogP contribution < -0.4 is 15.8 Å². The van der Waals surface area contributed by atoms with E-state index in [4.69, 9.17) is 33.7 Å². The van der Waals surface area contributed by atoms with Crippen LogP contribution in [0.4, 0.5) is 10.6 Å². The van der Waals surface area contributed by atoms with E-state index in [-0.39, 0.29) is 34.1 Å². The Labute approximate surface area is 194 Å². The van der Waals surface area contributed by atoms with E-state index in [0.717, 1.165) is 11.1 Å². The largest absolute Gasteiger partial charge is 0.415 e. The third-order valence-electron chi connectivity index (χ3n) is 5.10. The Morgan fingerprint density at radius 1 is 1.25 bits per heavy atom. The molecule has 0 aliphatic carbocycles. The highest BCUT2D eigenvalue weighted by atomic mass is 35.5. The number of nitrogens with two attached hydrogens (primary N) is 1. The Morgan fingerprint density at radius 3 is 2.81 bits per heavy atom. The van der Waals surface area contributed by atoms with Crippen molar-refractivity contribution < 1.29 is 14.3 Å². The minimum Gasteiger partial charge on any atom is -0.409 e. The van der Waals surface area contributed by atoms with Crippen LogP contribution in [-0.2, 0) is 7.05 Å². The summed E-state index contributed by atoms with van der Waals surface area (Å²) in [6.07, 6.45) is 5.10. The van der Waals surface area contributed by atoms with Crippen molar-refractivity contribution in [1.82, 2.24) is 25.0 Å². The molecule has 0 spiro atoms. The molecular weight excluding hydrogens is 455 g/mol. The number of amides is 2. The number of hydrogen-bond donors (Lipinski definition) is 2. The first-order chi connectivity index (χ1) is 15.3. The number of nitrogens with one attached hydrogen (secondary N) is 1. The molecule has 1 atom stereocenters. The Morgan fingerprint density at radius 2 is 2.06 bits per heavy atom. The van der Waals surface area contributed by atoms with Crippen LogP contribution in [0.15, 0.2) is 42.9 Å². The number of rotatable bonds is 4. The molecule has 1 aromatic carbocycles. The van der Waals surface area contributed by atoms with Gasteiger partial charge in [-0.25, -0.2) is 9.78 Å². The third kappa shape index (κ3) is 4.63. The van der Waals surface area contributed by atoms with Crippen molar-refractivity contribution in [2.75, 3.05) is 18.8 Å². The van der Waals surface area contributed by atoms with E-state index in [0.29, 0.717) is 24.5 Å². The number of benzene rings is 1. The topological polar surface area (TPSA) is 115 Å². The highest BCUT2D eigenvalue weighted by Crippen LogP contribution is 2.32. The molecule has 9 nitrogen and oxygen atoms in total. The number of carbonyl (C=O) groups excluding carboxylic acids is 2. The van der Waals surface area contributed by atoms with Crippen LogP contribution in [0.25, 0.3) is 11.1 Å². The molecule has 1 saturated heterocycles. The van der Waals surface area contributed by atoms with Gasteiger partial charge >= 0.3 is 6.09 Å². The van der Waals surface area contributed by atoms with Crippen LogP contribution in [0.5, 0.6) is 5.75 Å². The van der Waals surface area contributed by atoms with E-state index in [2.05, 4.69) is 15.4 Å². The Balaban J connectivity index is 1.40. The first-order valence-corrected chi connectivity index (χ1v) is 10.5. The number of nitrogen functional groups attached to an aromatic ring is 1. The van der Waals surface area contributed by atoms with Gasteiger partial charge in [0.05, 0.1) is 16.8 Å². The zero-order chi connectivity index (χ0) is 22.8. The number of anilines is 1. The number of likely N-dealkylation sites (tertiary alicyclic amines) is 1. The number of aryl methyl sites for hydroxylation is 1. The monoisotopic (exact) mass is 474 g/mol. The minimum absolute atomic E-state index is 0.125. The van der Waals surface area contributed by atoms with E-state index in [9.17, 15) is 9.59 Å². The number of aromatic nitrogens is 3. The zero-order valence-corrected chi connectivity index (χ0v) is 18.6. The summed E-state index contributed by atoms with van der Waals surface area (Å²) in [4.78, 5) is 31.0. The molecule has 1 aliphatic heterocycles. The normalized spacial score (nSPS) is 15.6. The van der Waals surface area contributed by atoms with Crippen molar-refractivity contribution in [1.29, 1.82) is 0 Å². The van der Waals surface area contributed by atoms with Crippen LogP contribution >= 0.6 is 23.2 Å². The second-order valence-electron chi connectivity index (χ2n) is 7.38. The van der Waals surface area contributed by atoms with Gasteiger partial charge in [-0.3, -0.25) is 9.48 Å². The molecule has 166 valence electrons. The highest BCUT2D eigenvalue weighted by Gasteiger charge is 2.30. The average molecular weight is 475 g/mol. The van der Waals surface area contributed by atoms with Crippen LogP contribution in [0, 0.1) is 0 Å². The summed E-state index contributed by atoms with van der Waals surface area (Å²) in [5.41, 5.74) is 7.75. The number of pyridine rings is 1. The molecule has 3 N–H and O–H groups in total.